The summed E-state index contributed by atoms with van der Waals surface area (Å²) in [5.41, 5.74) is 0. The minimum absolute atomic E-state index is 0.652. The second-order valence-corrected chi connectivity index (χ2v) is 3.50. The zero-order valence-electron chi connectivity index (χ0n) is 7.99. The van der Waals surface area contributed by atoms with E-state index in [1.54, 1.807) is 0 Å². The van der Waals surface area contributed by atoms with Crippen LogP contribution in [0.5, 0.6) is 0 Å². The van der Waals surface area contributed by atoms with Gasteiger partial charge in [0.25, 0.3) is 0 Å². The maximum absolute atomic E-state index is 5.38. The molecule has 1 aromatic rings. The van der Waals surface area contributed by atoms with Gasteiger partial charge in [-0.1, -0.05) is 17.9 Å². The summed E-state index contributed by atoms with van der Waals surface area (Å²) in [6, 6.07) is 0.694. The van der Waals surface area contributed by atoms with Crippen LogP contribution in [0.2, 0.25) is 0 Å². The van der Waals surface area contributed by atoms with Gasteiger partial charge in [0.2, 0.25) is 5.89 Å². The lowest BCUT2D eigenvalue weighted by Crippen LogP contribution is -2.24. The Morgan fingerprint density at radius 3 is 2.31 bits per heavy atom. The summed E-state index contributed by atoms with van der Waals surface area (Å²) in [7, 11) is 0. The van der Waals surface area contributed by atoms with E-state index in [2.05, 4.69) is 15.1 Å². The van der Waals surface area contributed by atoms with Crippen molar-refractivity contribution in [2.75, 3.05) is 18.0 Å². The lowest BCUT2D eigenvalue weighted by atomic mass is 10.2. The number of aromatic nitrogens is 2. The molecular formula is C9H15N3O. The summed E-state index contributed by atoms with van der Waals surface area (Å²) in [4.78, 5) is 2.19. The lowest BCUT2D eigenvalue weighted by Gasteiger charge is -2.16. The Balaban J connectivity index is 2.06. The number of nitrogens with zero attached hydrogens (tertiary/aromatic N) is 3. The Kier molecular flexibility index (Phi) is 2.47. The Hall–Kier alpha value is -1.06. The molecule has 13 heavy (non-hydrogen) atoms. The highest BCUT2D eigenvalue weighted by Crippen LogP contribution is 2.17. The van der Waals surface area contributed by atoms with Gasteiger partial charge in [-0.15, -0.1) is 5.10 Å². The van der Waals surface area contributed by atoms with Crippen LogP contribution < -0.4 is 4.90 Å². The van der Waals surface area contributed by atoms with Crippen molar-refractivity contribution in [2.45, 2.75) is 32.6 Å². The zero-order valence-corrected chi connectivity index (χ0v) is 7.99. The van der Waals surface area contributed by atoms with Crippen molar-refractivity contribution in [2.24, 2.45) is 0 Å². The first-order valence-corrected chi connectivity index (χ1v) is 4.91. The fourth-order valence-corrected chi connectivity index (χ4v) is 1.68. The van der Waals surface area contributed by atoms with E-state index in [-0.39, 0.29) is 0 Å². The van der Waals surface area contributed by atoms with Gasteiger partial charge in [-0.3, -0.25) is 0 Å². The first-order chi connectivity index (χ1) is 6.36. The fraction of sp³-hybridized carbons (Fsp3) is 0.778. The van der Waals surface area contributed by atoms with Crippen LogP contribution in [0.25, 0.3) is 0 Å². The molecule has 0 spiro atoms. The van der Waals surface area contributed by atoms with Crippen LogP contribution in [-0.4, -0.2) is 23.3 Å². The molecule has 2 rings (SSSR count). The molecule has 1 aromatic heterocycles. The molecule has 0 radical (unpaired) electrons. The molecular weight excluding hydrogens is 166 g/mol. The van der Waals surface area contributed by atoms with E-state index < -0.39 is 0 Å². The maximum atomic E-state index is 5.38. The SMILES string of the molecule is Cc1nnc(N2CCCCCC2)o1. The van der Waals surface area contributed by atoms with E-state index in [4.69, 9.17) is 4.42 Å². The molecule has 1 aliphatic heterocycles. The number of rotatable bonds is 1. The van der Waals surface area contributed by atoms with E-state index in [1.807, 2.05) is 6.92 Å². The Morgan fingerprint density at radius 1 is 1.08 bits per heavy atom. The molecule has 0 aliphatic carbocycles. The predicted molar refractivity (Wildman–Crippen MR) is 49.7 cm³/mol. The Labute approximate surface area is 77.9 Å². The van der Waals surface area contributed by atoms with Gasteiger partial charge in [-0.25, -0.2) is 0 Å². The first kappa shape index (κ1) is 8.53. The van der Waals surface area contributed by atoms with E-state index in [1.165, 1.54) is 25.7 Å². The van der Waals surface area contributed by atoms with Crippen molar-refractivity contribution in [3.05, 3.63) is 5.89 Å². The van der Waals surface area contributed by atoms with Gasteiger partial charge in [0.05, 0.1) is 0 Å². The van der Waals surface area contributed by atoms with E-state index in [0.29, 0.717) is 11.9 Å². The van der Waals surface area contributed by atoms with Crippen molar-refractivity contribution in [1.82, 2.24) is 10.2 Å². The van der Waals surface area contributed by atoms with Gasteiger partial charge < -0.3 is 9.32 Å². The van der Waals surface area contributed by atoms with Crippen molar-refractivity contribution < 1.29 is 4.42 Å². The summed E-state index contributed by atoms with van der Waals surface area (Å²) in [6.45, 7) is 3.94. The van der Waals surface area contributed by atoms with Crippen molar-refractivity contribution in [3.63, 3.8) is 0 Å². The smallest absolute Gasteiger partial charge is 0.318 e. The average Bonchev–Trinajstić information content (AvgIpc) is 2.43. The third kappa shape index (κ3) is 1.99. The standard InChI is InChI=1S/C9H15N3O/c1-8-10-11-9(13-8)12-6-4-2-3-5-7-12/h2-7H2,1H3. The van der Waals surface area contributed by atoms with Gasteiger partial charge in [0.1, 0.15) is 0 Å². The van der Waals surface area contributed by atoms with Crippen molar-refractivity contribution in [3.8, 4) is 0 Å². The van der Waals surface area contributed by atoms with E-state index in [0.717, 1.165) is 13.1 Å². The van der Waals surface area contributed by atoms with Crippen LogP contribution in [0.15, 0.2) is 4.42 Å². The van der Waals surface area contributed by atoms with Crippen LogP contribution in [0.3, 0.4) is 0 Å². The number of hydrogen-bond donors (Lipinski definition) is 0. The molecule has 4 heteroatoms. The molecule has 0 amide bonds. The second-order valence-electron chi connectivity index (χ2n) is 3.50. The Morgan fingerprint density at radius 2 is 1.77 bits per heavy atom. The number of anilines is 1. The normalized spacial score (nSPS) is 18.7. The second kappa shape index (κ2) is 3.77. The minimum Gasteiger partial charge on any atom is -0.408 e. The van der Waals surface area contributed by atoms with Gasteiger partial charge in [0, 0.05) is 20.0 Å². The van der Waals surface area contributed by atoms with Crippen LogP contribution >= 0.6 is 0 Å². The average molecular weight is 181 g/mol. The quantitative estimate of drug-likeness (QED) is 0.662. The highest BCUT2D eigenvalue weighted by molar-refractivity contribution is 5.23. The van der Waals surface area contributed by atoms with Gasteiger partial charge >= 0.3 is 6.01 Å². The maximum Gasteiger partial charge on any atom is 0.318 e. The summed E-state index contributed by atoms with van der Waals surface area (Å²) < 4.78 is 5.38. The molecule has 0 bridgehead atoms. The fourth-order valence-electron chi connectivity index (χ4n) is 1.68. The summed E-state index contributed by atoms with van der Waals surface area (Å²) in [5, 5.41) is 7.85. The lowest BCUT2D eigenvalue weighted by molar-refractivity contribution is 0.504. The molecule has 0 N–H and O–H groups in total. The molecule has 2 heterocycles. The zero-order chi connectivity index (χ0) is 9.10. The molecule has 72 valence electrons. The van der Waals surface area contributed by atoms with Gasteiger partial charge in [-0.05, 0) is 12.8 Å². The molecule has 1 aliphatic rings. The largest absolute Gasteiger partial charge is 0.408 e. The summed E-state index contributed by atoms with van der Waals surface area (Å²) in [6.07, 6.45) is 5.12. The molecule has 0 saturated carbocycles. The third-order valence-corrected chi connectivity index (χ3v) is 2.39. The summed E-state index contributed by atoms with van der Waals surface area (Å²) >= 11 is 0. The van der Waals surface area contributed by atoms with Crippen LogP contribution in [-0.2, 0) is 0 Å². The Bertz CT molecular complexity index is 264. The van der Waals surface area contributed by atoms with E-state index >= 15 is 0 Å². The predicted octanol–water partition coefficient (Wildman–Crippen LogP) is 1.76. The summed E-state index contributed by atoms with van der Waals surface area (Å²) in [5.74, 6) is 0.652. The van der Waals surface area contributed by atoms with Crippen LogP contribution in [0.1, 0.15) is 31.6 Å². The van der Waals surface area contributed by atoms with E-state index in [9.17, 15) is 0 Å². The van der Waals surface area contributed by atoms with Crippen LogP contribution in [0, 0.1) is 6.92 Å². The topological polar surface area (TPSA) is 42.2 Å². The molecule has 4 nitrogen and oxygen atoms in total. The van der Waals surface area contributed by atoms with Gasteiger partial charge in [-0.2, -0.15) is 0 Å². The molecule has 0 atom stereocenters. The third-order valence-electron chi connectivity index (χ3n) is 2.39. The van der Waals surface area contributed by atoms with Gasteiger partial charge in [0.15, 0.2) is 0 Å². The molecule has 0 aromatic carbocycles. The highest BCUT2D eigenvalue weighted by atomic mass is 16.4. The minimum atomic E-state index is 0.652. The monoisotopic (exact) mass is 181 g/mol. The van der Waals surface area contributed by atoms with Crippen LogP contribution in [0.4, 0.5) is 6.01 Å². The number of hydrogen-bond acceptors (Lipinski definition) is 4. The molecule has 1 saturated heterocycles. The van der Waals surface area contributed by atoms with Crippen molar-refractivity contribution >= 4 is 6.01 Å². The molecule has 1 fully saturated rings. The highest BCUT2D eigenvalue weighted by Gasteiger charge is 2.14. The first-order valence-electron chi connectivity index (χ1n) is 4.91. The number of aryl methyl sites for hydroxylation is 1. The van der Waals surface area contributed by atoms with Crippen molar-refractivity contribution in [1.29, 1.82) is 0 Å². The molecule has 0 unspecified atom stereocenters.